The second-order valence-electron chi connectivity index (χ2n) is 5.27. The van der Waals surface area contributed by atoms with Crippen molar-refractivity contribution in [1.29, 1.82) is 0 Å². The van der Waals surface area contributed by atoms with Gasteiger partial charge in [0, 0.05) is 20.8 Å². The number of nitrogens with two attached hydrogens (primary N) is 1. The van der Waals surface area contributed by atoms with E-state index in [1.165, 1.54) is 20.8 Å². The van der Waals surface area contributed by atoms with Gasteiger partial charge >= 0.3 is 17.9 Å². The summed E-state index contributed by atoms with van der Waals surface area (Å²) in [5.41, 5.74) is 6.09. The standard InChI is InChI=1S/C15H23NO7/c1-5-6-11-13(16)15(22-10(4)19)14(21-9(3)18)12(23-11)7-20-8(2)17/h5,11-15H,1,6-7,16H2,2-4H3/t11?,12-,13-,14+,15-/m1/s1. The van der Waals surface area contributed by atoms with Crippen molar-refractivity contribution < 1.29 is 33.3 Å². The zero-order valence-electron chi connectivity index (χ0n) is 13.5. The van der Waals surface area contributed by atoms with Crippen molar-refractivity contribution >= 4 is 17.9 Å². The molecule has 130 valence electrons. The molecule has 0 amide bonds. The van der Waals surface area contributed by atoms with Crippen LogP contribution in [0.4, 0.5) is 0 Å². The molecule has 0 radical (unpaired) electrons. The molecule has 1 aliphatic rings. The lowest BCUT2D eigenvalue weighted by Crippen LogP contribution is -2.64. The first kappa shape index (κ1) is 19.1. The summed E-state index contributed by atoms with van der Waals surface area (Å²) in [6.07, 6.45) is -1.16. The fraction of sp³-hybridized carbons (Fsp3) is 0.667. The number of ether oxygens (including phenoxy) is 4. The summed E-state index contributed by atoms with van der Waals surface area (Å²) in [7, 11) is 0. The predicted octanol–water partition coefficient (Wildman–Crippen LogP) is 0.0837. The van der Waals surface area contributed by atoms with E-state index < -0.39 is 48.4 Å². The van der Waals surface area contributed by atoms with Crippen LogP contribution in [0.3, 0.4) is 0 Å². The molecule has 0 aromatic rings. The van der Waals surface area contributed by atoms with Gasteiger partial charge in [0.15, 0.2) is 12.2 Å². The molecule has 0 bridgehead atoms. The third-order valence-corrected chi connectivity index (χ3v) is 3.30. The first-order chi connectivity index (χ1) is 10.8. The van der Waals surface area contributed by atoms with Crippen LogP contribution in [0.2, 0.25) is 0 Å². The summed E-state index contributed by atoms with van der Waals surface area (Å²) in [6, 6.07) is -0.713. The highest BCUT2D eigenvalue weighted by Crippen LogP contribution is 2.27. The van der Waals surface area contributed by atoms with E-state index in [0.717, 1.165) is 0 Å². The van der Waals surface area contributed by atoms with Gasteiger partial charge in [0.2, 0.25) is 0 Å². The average Bonchev–Trinajstić information content (AvgIpc) is 2.43. The fourth-order valence-corrected chi connectivity index (χ4v) is 2.42. The van der Waals surface area contributed by atoms with Gasteiger partial charge < -0.3 is 24.7 Å². The molecule has 1 saturated heterocycles. The summed E-state index contributed by atoms with van der Waals surface area (Å²) >= 11 is 0. The second-order valence-corrected chi connectivity index (χ2v) is 5.27. The van der Waals surface area contributed by atoms with Gasteiger partial charge in [0.25, 0.3) is 0 Å². The molecule has 5 atom stereocenters. The Kier molecular flexibility index (Phi) is 7.18. The van der Waals surface area contributed by atoms with Crippen LogP contribution in [0.15, 0.2) is 12.7 Å². The highest BCUT2D eigenvalue weighted by atomic mass is 16.6. The normalized spacial score (nSPS) is 30.2. The smallest absolute Gasteiger partial charge is 0.303 e. The highest BCUT2D eigenvalue weighted by Gasteiger charge is 2.48. The lowest BCUT2D eigenvalue weighted by Gasteiger charge is -2.43. The maximum atomic E-state index is 11.4. The van der Waals surface area contributed by atoms with Crippen molar-refractivity contribution in [2.45, 2.75) is 57.6 Å². The molecular formula is C15H23NO7. The van der Waals surface area contributed by atoms with Gasteiger partial charge in [-0.2, -0.15) is 0 Å². The van der Waals surface area contributed by atoms with Gasteiger partial charge in [0.1, 0.15) is 12.7 Å². The Balaban J connectivity index is 3.04. The van der Waals surface area contributed by atoms with Gasteiger partial charge in [-0.15, -0.1) is 6.58 Å². The molecule has 23 heavy (non-hydrogen) atoms. The average molecular weight is 329 g/mol. The summed E-state index contributed by atoms with van der Waals surface area (Å²) < 4.78 is 21.2. The van der Waals surface area contributed by atoms with E-state index in [1.54, 1.807) is 6.08 Å². The van der Waals surface area contributed by atoms with Gasteiger partial charge in [-0.25, -0.2) is 0 Å². The van der Waals surface area contributed by atoms with E-state index in [1.807, 2.05) is 0 Å². The SMILES string of the molecule is C=CCC1O[C@H](COC(C)=O)[C@H](OC(C)=O)[C@H](OC(C)=O)[C@@H]1N. The number of rotatable bonds is 6. The minimum Gasteiger partial charge on any atom is -0.463 e. The summed E-state index contributed by atoms with van der Waals surface area (Å²) in [5.74, 6) is -1.65. The Labute approximate surface area is 134 Å². The van der Waals surface area contributed by atoms with Crippen molar-refractivity contribution in [2.75, 3.05) is 6.61 Å². The van der Waals surface area contributed by atoms with E-state index in [-0.39, 0.29) is 6.61 Å². The van der Waals surface area contributed by atoms with Gasteiger partial charge in [0.05, 0.1) is 12.1 Å². The molecule has 1 unspecified atom stereocenters. The molecule has 1 heterocycles. The van der Waals surface area contributed by atoms with Crippen molar-refractivity contribution in [2.24, 2.45) is 5.73 Å². The van der Waals surface area contributed by atoms with Crippen molar-refractivity contribution in [3.63, 3.8) is 0 Å². The number of hydrogen-bond acceptors (Lipinski definition) is 8. The molecular weight excluding hydrogens is 306 g/mol. The van der Waals surface area contributed by atoms with Crippen LogP contribution in [-0.2, 0) is 33.3 Å². The van der Waals surface area contributed by atoms with Crippen LogP contribution in [0.1, 0.15) is 27.2 Å². The summed E-state index contributed by atoms with van der Waals surface area (Å²) in [6.45, 7) is 7.18. The molecule has 2 N–H and O–H groups in total. The Bertz CT molecular complexity index is 465. The minimum atomic E-state index is -0.966. The molecule has 0 spiro atoms. The van der Waals surface area contributed by atoms with Crippen molar-refractivity contribution in [1.82, 2.24) is 0 Å². The molecule has 1 aliphatic heterocycles. The van der Waals surface area contributed by atoms with Crippen LogP contribution in [-0.4, -0.2) is 55.0 Å². The highest BCUT2D eigenvalue weighted by molar-refractivity contribution is 5.68. The molecule has 1 rings (SSSR count). The largest absolute Gasteiger partial charge is 0.463 e. The second kappa shape index (κ2) is 8.64. The van der Waals surface area contributed by atoms with E-state index in [4.69, 9.17) is 24.7 Å². The molecule has 0 saturated carbocycles. The van der Waals surface area contributed by atoms with Crippen LogP contribution in [0.25, 0.3) is 0 Å². The zero-order valence-corrected chi connectivity index (χ0v) is 13.5. The Morgan fingerprint density at radius 3 is 2.09 bits per heavy atom. The monoisotopic (exact) mass is 329 g/mol. The van der Waals surface area contributed by atoms with E-state index in [9.17, 15) is 14.4 Å². The third-order valence-electron chi connectivity index (χ3n) is 3.30. The molecule has 8 heteroatoms. The van der Waals surface area contributed by atoms with Gasteiger partial charge in [-0.3, -0.25) is 14.4 Å². The lowest BCUT2D eigenvalue weighted by molar-refractivity contribution is -0.219. The number of carbonyl (C=O) groups excluding carboxylic acids is 3. The number of esters is 3. The van der Waals surface area contributed by atoms with Crippen molar-refractivity contribution in [3.8, 4) is 0 Å². The zero-order chi connectivity index (χ0) is 17.6. The van der Waals surface area contributed by atoms with Crippen molar-refractivity contribution in [3.05, 3.63) is 12.7 Å². The van der Waals surface area contributed by atoms with E-state index >= 15 is 0 Å². The fourth-order valence-electron chi connectivity index (χ4n) is 2.42. The van der Waals surface area contributed by atoms with Gasteiger partial charge in [-0.1, -0.05) is 6.08 Å². The maximum Gasteiger partial charge on any atom is 0.303 e. The lowest BCUT2D eigenvalue weighted by atomic mass is 9.91. The van der Waals surface area contributed by atoms with Crippen LogP contribution >= 0.6 is 0 Å². The Morgan fingerprint density at radius 2 is 1.61 bits per heavy atom. The summed E-state index contributed by atoms with van der Waals surface area (Å²) in [5, 5.41) is 0. The first-order valence-electron chi connectivity index (χ1n) is 7.26. The van der Waals surface area contributed by atoms with Gasteiger partial charge in [-0.05, 0) is 6.42 Å². The third kappa shape index (κ3) is 5.65. The number of hydrogen-bond donors (Lipinski definition) is 1. The topological polar surface area (TPSA) is 114 Å². The molecule has 1 fully saturated rings. The van der Waals surface area contributed by atoms with Crippen LogP contribution < -0.4 is 5.73 Å². The molecule has 8 nitrogen and oxygen atoms in total. The van der Waals surface area contributed by atoms with Crippen LogP contribution in [0.5, 0.6) is 0 Å². The molecule has 0 aromatic carbocycles. The number of carbonyl (C=O) groups is 3. The Hall–Kier alpha value is -1.93. The maximum absolute atomic E-state index is 11.4. The van der Waals surface area contributed by atoms with E-state index in [2.05, 4.69) is 6.58 Å². The predicted molar refractivity (Wildman–Crippen MR) is 79.2 cm³/mol. The van der Waals surface area contributed by atoms with Crippen LogP contribution in [0, 0.1) is 0 Å². The summed E-state index contributed by atoms with van der Waals surface area (Å²) in [4.78, 5) is 33.8. The quantitative estimate of drug-likeness (QED) is 0.414. The molecule has 0 aliphatic carbocycles. The van der Waals surface area contributed by atoms with E-state index in [0.29, 0.717) is 6.42 Å². The Morgan fingerprint density at radius 1 is 1.04 bits per heavy atom. The first-order valence-corrected chi connectivity index (χ1v) is 7.26. The minimum absolute atomic E-state index is 0.147. The molecule has 0 aromatic heterocycles.